The minimum absolute atomic E-state index is 0.0130. The van der Waals surface area contributed by atoms with Crippen LogP contribution in [0, 0.1) is 11.3 Å². The molecule has 2 heterocycles. The Balaban J connectivity index is 2.08. The number of Topliss-reactive ketones (excluding diaryl/α,β-unsaturated/α-hetero) is 1. The third-order valence-electron chi connectivity index (χ3n) is 5.69. The third kappa shape index (κ3) is 4.16. The van der Waals surface area contributed by atoms with E-state index < -0.39 is 0 Å². The molecule has 0 radical (unpaired) electrons. The zero-order chi connectivity index (χ0) is 19.8. The van der Waals surface area contributed by atoms with Crippen molar-refractivity contribution in [1.82, 2.24) is 9.55 Å². The number of hydrogen-bond acceptors (Lipinski definition) is 5. The van der Waals surface area contributed by atoms with E-state index in [1.165, 1.54) is 10.4 Å². The molecule has 0 aliphatic heterocycles. The fourth-order valence-electron chi connectivity index (χ4n) is 3.92. The molecule has 0 N–H and O–H groups in total. The van der Waals surface area contributed by atoms with Crippen LogP contribution in [0.2, 0.25) is 0 Å². The molecule has 0 bridgehead atoms. The van der Waals surface area contributed by atoms with Crippen molar-refractivity contribution < 1.29 is 9.53 Å². The van der Waals surface area contributed by atoms with Gasteiger partial charge in [-0.25, -0.2) is 4.98 Å². The number of hydrogen-bond donors (Lipinski definition) is 0. The number of ketones is 1. The fraction of sp³-hybridized carbons (Fsp3) is 0.667. The van der Waals surface area contributed by atoms with Crippen molar-refractivity contribution in [2.24, 2.45) is 11.3 Å². The highest BCUT2D eigenvalue weighted by atomic mass is 32.1. The van der Waals surface area contributed by atoms with Crippen LogP contribution >= 0.6 is 11.3 Å². The third-order valence-corrected chi connectivity index (χ3v) is 6.84. The second-order valence-corrected chi connectivity index (χ2v) is 9.75. The maximum atomic E-state index is 13.3. The van der Waals surface area contributed by atoms with Crippen molar-refractivity contribution in [1.29, 1.82) is 0 Å². The summed E-state index contributed by atoms with van der Waals surface area (Å²) in [5.41, 5.74) is 1.48. The standard InChI is InChI=1S/C21H30N2O3S/c1-13(24)8-10-23-17(9-11-26-5)22-19-18(20(23)25)15-7-6-14(21(2,3)4)12-16(15)27-19/h14H,6-12H2,1-5H3. The number of nitrogens with zero attached hydrogens (tertiary/aromatic N) is 2. The van der Waals surface area contributed by atoms with Crippen molar-refractivity contribution in [3.8, 4) is 0 Å². The van der Waals surface area contributed by atoms with Gasteiger partial charge in [-0.15, -0.1) is 11.3 Å². The summed E-state index contributed by atoms with van der Waals surface area (Å²) in [7, 11) is 1.65. The first kappa shape index (κ1) is 20.2. The quantitative estimate of drug-likeness (QED) is 0.753. The Bertz CT molecular complexity index is 905. The molecule has 148 valence electrons. The molecular weight excluding hydrogens is 360 g/mol. The number of fused-ring (bicyclic) bond motifs is 3. The Hall–Kier alpha value is -1.53. The van der Waals surface area contributed by atoms with Crippen LogP contribution in [-0.2, 0) is 35.3 Å². The molecule has 0 fully saturated rings. The molecule has 2 aromatic heterocycles. The second-order valence-electron chi connectivity index (χ2n) is 8.67. The van der Waals surface area contributed by atoms with Crippen LogP contribution in [0.25, 0.3) is 10.2 Å². The van der Waals surface area contributed by atoms with Crippen LogP contribution in [0.15, 0.2) is 4.79 Å². The molecule has 6 heteroatoms. The number of rotatable bonds is 6. The molecule has 1 aliphatic rings. The van der Waals surface area contributed by atoms with Crippen LogP contribution in [0.1, 0.15) is 56.8 Å². The first-order chi connectivity index (χ1) is 12.7. The molecule has 0 amide bonds. The van der Waals surface area contributed by atoms with E-state index in [1.807, 2.05) is 0 Å². The van der Waals surface area contributed by atoms with Crippen molar-refractivity contribution in [2.75, 3.05) is 13.7 Å². The average molecular weight is 391 g/mol. The Labute approximate surface area is 164 Å². The van der Waals surface area contributed by atoms with Crippen LogP contribution in [0.3, 0.4) is 0 Å². The van der Waals surface area contributed by atoms with Crippen LogP contribution in [0.5, 0.6) is 0 Å². The number of carbonyl (C=O) groups is 1. The number of aromatic nitrogens is 2. The Kier molecular flexibility index (Phi) is 5.87. The summed E-state index contributed by atoms with van der Waals surface area (Å²) in [6, 6.07) is 0. The highest BCUT2D eigenvalue weighted by Crippen LogP contribution is 2.42. The molecule has 0 saturated heterocycles. The average Bonchev–Trinajstić information content (AvgIpc) is 2.95. The van der Waals surface area contributed by atoms with Gasteiger partial charge in [-0.3, -0.25) is 14.2 Å². The second kappa shape index (κ2) is 7.84. The highest BCUT2D eigenvalue weighted by Gasteiger charge is 2.32. The van der Waals surface area contributed by atoms with Gasteiger partial charge in [-0.05, 0) is 43.1 Å². The number of methoxy groups -OCH3 is 1. The lowest BCUT2D eigenvalue weighted by Crippen LogP contribution is -2.28. The summed E-state index contributed by atoms with van der Waals surface area (Å²) in [4.78, 5) is 31.8. The highest BCUT2D eigenvalue weighted by molar-refractivity contribution is 7.18. The molecule has 0 aromatic carbocycles. The molecule has 1 unspecified atom stereocenters. The Morgan fingerprint density at radius 3 is 2.74 bits per heavy atom. The smallest absolute Gasteiger partial charge is 0.262 e. The SMILES string of the molecule is COCCc1nc2sc3c(c2c(=O)n1CCC(C)=O)CCC(C(C)(C)C)C3. The number of thiophene rings is 1. The lowest BCUT2D eigenvalue weighted by molar-refractivity contribution is -0.117. The largest absolute Gasteiger partial charge is 0.384 e. The Morgan fingerprint density at radius 1 is 1.37 bits per heavy atom. The van der Waals surface area contributed by atoms with E-state index in [2.05, 4.69) is 20.8 Å². The molecule has 27 heavy (non-hydrogen) atoms. The van der Waals surface area contributed by atoms with E-state index in [4.69, 9.17) is 9.72 Å². The molecule has 1 aliphatic carbocycles. The van der Waals surface area contributed by atoms with E-state index in [0.717, 1.165) is 35.3 Å². The maximum Gasteiger partial charge on any atom is 0.262 e. The van der Waals surface area contributed by atoms with Crippen molar-refractivity contribution in [2.45, 2.75) is 66.3 Å². The Morgan fingerprint density at radius 2 is 2.11 bits per heavy atom. The normalized spacial score (nSPS) is 17.3. The first-order valence-corrected chi connectivity index (χ1v) is 10.6. The van der Waals surface area contributed by atoms with Gasteiger partial charge in [0, 0.05) is 31.4 Å². The molecule has 2 aromatic rings. The first-order valence-electron chi connectivity index (χ1n) is 9.74. The molecule has 0 spiro atoms. The number of carbonyl (C=O) groups excluding carboxylic acids is 1. The predicted octanol–water partition coefficient (Wildman–Crippen LogP) is 3.78. The van der Waals surface area contributed by atoms with Crippen molar-refractivity contribution in [3.63, 3.8) is 0 Å². The molecule has 0 saturated carbocycles. The van der Waals surface area contributed by atoms with Gasteiger partial charge in [-0.2, -0.15) is 0 Å². The summed E-state index contributed by atoms with van der Waals surface area (Å²) >= 11 is 1.68. The van der Waals surface area contributed by atoms with Gasteiger partial charge in [0.25, 0.3) is 5.56 Å². The summed E-state index contributed by atoms with van der Waals surface area (Å²) in [5, 5.41) is 0.784. The van der Waals surface area contributed by atoms with Gasteiger partial charge < -0.3 is 4.74 Å². The van der Waals surface area contributed by atoms with E-state index in [-0.39, 0.29) is 16.8 Å². The maximum absolute atomic E-state index is 13.3. The van der Waals surface area contributed by atoms with Gasteiger partial charge >= 0.3 is 0 Å². The molecule has 1 atom stereocenters. The molecule has 3 rings (SSSR count). The summed E-state index contributed by atoms with van der Waals surface area (Å²) in [6.45, 7) is 9.36. The monoisotopic (exact) mass is 390 g/mol. The summed E-state index contributed by atoms with van der Waals surface area (Å²) in [6.07, 6.45) is 4.01. The van der Waals surface area contributed by atoms with Crippen molar-refractivity contribution >= 4 is 27.3 Å². The van der Waals surface area contributed by atoms with Gasteiger partial charge in [0.1, 0.15) is 16.4 Å². The lowest BCUT2D eigenvalue weighted by Gasteiger charge is -2.33. The van der Waals surface area contributed by atoms with Crippen molar-refractivity contribution in [3.05, 3.63) is 26.6 Å². The van der Waals surface area contributed by atoms with E-state index >= 15 is 0 Å². The number of ether oxygens (including phenoxy) is 1. The van der Waals surface area contributed by atoms with Gasteiger partial charge in [0.05, 0.1) is 12.0 Å². The van der Waals surface area contributed by atoms with Crippen LogP contribution < -0.4 is 5.56 Å². The fourth-order valence-corrected chi connectivity index (χ4v) is 5.23. The van der Waals surface area contributed by atoms with Gasteiger partial charge in [0.2, 0.25) is 0 Å². The minimum Gasteiger partial charge on any atom is -0.384 e. The van der Waals surface area contributed by atoms with Crippen LogP contribution in [-0.4, -0.2) is 29.1 Å². The van der Waals surface area contributed by atoms with E-state index in [9.17, 15) is 9.59 Å². The van der Waals surface area contributed by atoms with E-state index in [0.29, 0.717) is 31.9 Å². The number of aryl methyl sites for hydroxylation is 1. The van der Waals surface area contributed by atoms with Gasteiger partial charge in [-0.1, -0.05) is 20.8 Å². The summed E-state index contributed by atoms with van der Waals surface area (Å²) in [5.74, 6) is 1.44. The van der Waals surface area contributed by atoms with Crippen LogP contribution in [0.4, 0.5) is 0 Å². The zero-order valence-corrected chi connectivity index (χ0v) is 17.9. The summed E-state index contributed by atoms with van der Waals surface area (Å²) < 4.78 is 6.89. The topological polar surface area (TPSA) is 61.2 Å². The van der Waals surface area contributed by atoms with E-state index in [1.54, 1.807) is 29.9 Å². The van der Waals surface area contributed by atoms with Gasteiger partial charge in [0.15, 0.2) is 0 Å². The molecule has 5 nitrogen and oxygen atoms in total. The molecular formula is C21H30N2O3S. The minimum atomic E-state index is 0.0130. The lowest BCUT2D eigenvalue weighted by atomic mass is 9.72. The predicted molar refractivity (Wildman–Crippen MR) is 110 cm³/mol. The zero-order valence-electron chi connectivity index (χ0n) is 17.1.